The summed E-state index contributed by atoms with van der Waals surface area (Å²) in [7, 11) is 0. The van der Waals surface area contributed by atoms with Crippen LogP contribution in [0.5, 0.6) is 0 Å². The van der Waals surface area contributed by atoms with E-state index < -0.39 is 0 Å². The molecule has 0 unspecified atom stereocenters. The van der Waals surface area contributed by atoms with E-state index in [2.05, 4.69) is 61.3 Å². The first-order chi connectivity index (χ1) is 14.7. The Hall–Kier alpha value is -3.85. The summed E-state index contributed by atoms with van der Waals surface area (Å²) in [6, 6.07) is 27.1. The third-order valence-electron chi connectivity index (χ3n) is 5.24. The molecule has 2 heterocycles. The highest BCUT2D eigenvalue weighted by Gasteiger charge is 2.14. The monoisotopic (exact) mass is 387 g/mol. The van der Waals surface area contributed by atoms with Crippen molar-refractivity contribution >= 4 is 11.0 Å². The van der Waals surface area contributed by atoms with Gasteiger partial charge in [-0.15, -0.1) is 0 Å². The zero-order valence-electron chi connectivity index (χ0n) is 17.0. The summed E-state index contributed by atoms with van der Waals surface area (Å²) in [5.41, 5.74) is 10.5. The van der Waals surface area contributed by atoms with Gasteiger partial charge in [0.25, 0.3) is 0 Å². The molecule has 0 fully saturated rings. The van der Waals surface area contributed by atoms with Crippen LogP contribution in [-0.4, -0.2) is 15.0 Å². The molecule has 3 heteroatoms. The van der Waals surface area contributed by atoms with Crippen LogP contribution < -0.4 is 0 Å². The van der Waals surface area contributed by atoms with E-state index in [9.17, 15) is 0 Å². The van der Waals surface area contributed by atoms with Crippen molar-refractivity contribution in [2.24, 2.45) is 0 Å². The van der Waals surface area contributed by atoms with E-state index >= 15 is 0 Å². The zero-order valence-corrected chi connectivity index (χ0v) is 17.0. The lowest BCUT2D eigenvalue weighted by Gasteiger charge is -2.12. The normalized spacial score (nSPS) is 11.0. The smallest absolute Gasteiger partial charge is 0.0973 e. The Morgan fingerprint density at radius 1 is 0.500 bits per heavy atom. The molecular formula is C27H21N3. The average molecular weight is 387 g/mol. The Morgan fingerprint density at radius 2 is 1.00 bits per heavy atom. The minimum absolute atomic E-state index is 0.902. The first kappa shape index (κ1) is 18.2. The molecule has 0 saturated carbocycles. The minimum Gasteiger partial charge on any atom is -0.265 e. The molecule has 5 rings (SSSR count). The molecule has 0 amide bonds. The second kappa shape index (κ2) is 7.53. The van der Waals surface area contributed by atoms with E-state index in [1.807, 2.05) is 48.8 Å². The Kier molecular flexibility index (Phi) is 4.56. The van der Waals surface area contributed by atoms with Crippen molar-refractivity contribution in [1.82, 2.24) is 15.0 Å². The van der Waals surface area contributed by atoms with E-state index in [4.69, 9.17) is 9.97 Å². The SMILES string of the molecule is Cc1cc(C)cc(-c2nc3ccccc3nc2-c2ccc(-c3ccncc3)cc2)c1. The Bertz CT molecular complexity index is 1320. The van der Waals surface area contributed by atoms with Crippen molar-refractivity contribution in [2.75, 3.05) is 0 Å². The number of nitrogens with zero attached hydrogens (tertiary/aromatic N) is 3. The molecular weight excluding hydrogens is 366 g/mol. The second-order valence-corrected chi connectivity index (χ2v) is 7.60. The molecule has 30 heavy (non-hydrogen) atoms. The molecule has 0 saturated heterocycles. The number of aromatic nitrogens is 3. The molecule has 0 aliphatic rings. The fourth-order valence-electron chi connectivity index (χ4n) is 3.88. The molecule has 0 bridgehead atoms. The van der Waals surface area contributed by atoms with Gasteiger partial charge >= 0.3 is 0 Å². The van der Waals surface area contributed by atoms with Gasteiger partial charge in [0, 0.05) is 23.5 Å². The lowest BCUT2D eigenvalue weighted by Crippen LogP contribution is -1.96. The van der Waals surface area contributed by atoms with E-state index in [0.29, 0.717) is 0 Å². The number of fused-ring (bicyclic) bond motifs is 1. The zero-order chi connectivity index (χ0) is 20.5. The molecule has 0 spiro atoms. The number of para-hydroxylation sites is 2. The fourth-order valence-corrected chi connectivity index (χ4v) is 3.88. The van der Waals surface area contributed by atoms with Crippen LogP contribution >= 0.6 is 0 Å². The van der Waals surface area contributed by atoms with Gasteiger partial charge in [-0.2, -0.15) is 0 Å². The molecule has 3 nitrogen and oxygen atoms in total. The van der Waals surface area contributed by atoms with Gasteiger partial charge in [0.1, 0.15) is 0 Å². The predicted molar refractivity (Wildman–Crippen MR) is 123 cm³/mol. The molecule has 144 valence electrons. The maximum atomic E-state index is 5.01. The van der Waals surface area contributed by atoms with Gasteiger partial charge < -0.3 is 0 Å². The molecule has 0 aliphatic carbocycles. The van der Waals surface area contributed by atoms with E-state index in [1.165, 1.54) is 11.1 Å². The quantitative estimate of drug-likeness (QED) is 0.348. The summed E-state index contributed by atoms with van der Waals surface area (Å²) in [6.07, 6.45) is 3.63. The Balaban J connectivity index is 1.69. The maximum absolute atomic E-state index is 5.01. The number of benzene rings is 3. The molecule has 0 radical (unpaired) electrons. The highest BCUT2D eigenvalue weighted by atomic mass is 14.8. The van der Waals surface area contributed by atoms with Crippen LogP contribution in [0.25, 0.3) is 44.7 Å². The van der Waals surface area contributed by atoms with Crippen molar-refractivity contribution in [3.63, 3.8) is 0 Å². The second-order valence-electron chi connectivity index (χ2n) is 7.60. The maximum Gasteiger partial charge on any atom is 0.0973 e. The summed E-state index contributed by atoms with van der Waals surface area (Å²) < 4.78 is 0. The molecule has 3 aromatic carbocycles. The molecule has 0 N–H and O–H groups in total. The van der Waals surface area contributed by atoms with Crippen LogP contribution in [0.15, 0.2) is 91.3 Å². The summed E-state index contributed by atoms with van der Waals surface area (Å²) in [5.74, 6) is 0. The number of pyridine rings is 1. The third kappa shape index (κ3) is 3.46. The summed E-state index contributed by atoms with van der Waals surface area (Å²) in [6.45, 7) is 4.24. The minimum atomic E-state index is 0.902. The van der Waals surface area contributed by atoms with Crippen LogP contribution in [-0.2, 0) is 0 Å². The Labute approximate surface area is 176 Å². The molecule has 5 aromatic rings. The summed E-state index contributed by atoms with van der Waals surface area (Å²) in [5, 5.41) is 0. The summed E-state index contributed by atoms with van der Waals surface area (Å²) in [4.78, 5) is 14.1. The number of aryl methyl sites for hydroxylation is 2. The van der Waals surface area contributed by atoms with E-state index in [0.717, 1.165) is 44.7 Å². The van der Waals surface area contributed by atoms with Gasteiger partial charge in [-0.3, -0.25) is 4.98 Å². The fraction of sp³-hybridized carbons (Fsp3) is 0.0741. The standard InChI is InChI=1S/C27H21N3/c1-18-15-19(2)17-23(16-18)27-26(29-24-5-3-4-6-25(24)30-27)22-9-7-20(8-10-22)21-11-13-28-14-12-21/h3-17H,1-2H3. The lowest BCUT2D eigenvalue weighted by molar-refractivity contribution is 1.28. The molecule has 0 aliphatic heterocycles. The van der Waals surface area contributed by atoms with Crippen molar-refractivity contribution in [3.05, 3.63) is 102 Å². The van der Waals surface area contributed by atoms with Gasteiger partial charge in [-0.1, -0.05) is 53.6 Å². The third-order valence-corrected chi connectivity index (χ3v) is 5.24. The summed E-state index contributed by atoms with van der Waals surface area (Å²) >= 11 is 0. The highest BCUT2D eigenvalue weighted by Crippen LogP contribution is 2.33. The van der Waals surface area contributed by atoms with Crippen molar-refractivity contribution in [3.8, 4) is 33.6 Å². The number of rotatable bonds is 3. The number of hydrogen-bond donors (Lipinski definition) is 0. The van der Waals surface area contributed by atoms with Crippen molar-refractivity contribution in [1.29, 1.82) is 0 Å². The van der Waals surface area contributed by atoms with Crippen LogP contribution in [0.2, 0.25) is 0 Å². The van der Waals surface area contributed by atoms with Crippen LogP contribution in [0.4, 0.5) is 0 Å². The number of hydrogen-bond acceptors (Lipinski definition) is 3. The van der Waals surface area contributed by atoms with Gasteiger partial charge in [0.2, 0.25) is 0 Å². The Morgan fingerprint density at radius 3 is 1.60 bits per heavy atom. The predicted octanol–water partition coefficient (Wildman–Crippen LogP) is 6.64. The highest BCUT2D eigenvalue weighted by molar-refractivity contribution is 5.86. The van der Waals surface area contributed by atoms with E-state index in [1.54, 1.807) is 0 Å². The van der Waals surface area contributed by atoms with Crippen molar-refractivity contribution in [2.45, 2.75) is 13.8 Å². The average Bonchev–Trinajstić information content (AvgIpc) is 2.78. The first-order valence-electron chi connectivity index (χ1n) is 10.0. The molecule has 2 aromatic heterocycles. The van der Waals surface area contributed by atoms with E-state index in [-0.39, 0.29) is 0 Å². The van der Waals surface area contributed by atoms with Crippen LogP contribution in [0, 0.1) is 13.8 Å². The van der Waals surface area contributed by atoms with Gasteiger partial charge in [0.15, 0.2) is 0 Å². The van der Waals surface area contributed by atoms with Crippen LogP contribution in [0.1, 0.15) is 11.1 Å². The van der Waals surface area contributed by atoms with Crippen molar-refractivity contribution < 1.29 is 0 Å². The van der Waals surface area contributed by atoms with Gasteiger partial charge in [-0.25, -0.2) is 9.97 Å². The molecule has 0 atom stereocenters. The first-order valence-corrected chi connectivity index (χ1v) is 10.0. The topological polar surface area (TPSA) is 38.7 Å². The lowest BCUT2D eigenvalue weighted by atomic mass is 9.98. The van der Waals surface area contributed by atoms with Gasteiger partial charge in [0.05, 0.1) is 22.4 Å². The van der Waals surface area contributed by atoms with Crippen LogP contribution in [0.3, 0.4) is 0 Å². The largest absolute Gasteiger partial charge is 0.265 e. The van der Waals surface area contributed by atoms with Gasteiger partial charge in [-0.05, 0) is 61.4 Å².